The maximum absolute atomic E-state index is 12.6. The summed E-state index contributed by atoms with van der Waals surface area (Å²) in [5.74, 6) is 0.984. The van der Waals surface area contributed by atoms with Crippen molar-refractivity contribution in [1.29, 1.82) is 0 Å². The summed E-state index contributed by atoms with van der Waals surface area (Å²) in [5.41, 5.74) is 1.01. The molecule has 3 amide bonds. The molecule has 0 aliphatic carbocycles. The minimum Gasteiger partial charge on any atom is -0.356 e. The summed E-state index contributed by atoms with van der Waals surface area (Å²) in [6.07, 6.45) is 6.81. The van der Waals surface area contributed by atoms with E-state index in [1.54, 1.807) is 0 Å². The first-order valence-corrected chi connectivity index (χ1v) is 9.93. The first kappa shape index (κ1) is 22.5. The van der Waals surface area contributed by atoms with E-state index in [2.05, 4.69) is 34.5 Å². The summed E-state index contributed by atoms with van der Waals surface area (Å²) in [4.78, 5) is 48.4. The van der Waals surface area contributed by atoms with Gasteiger partial charge in [0, 0.05) is 25.3 Å². The van der Waals surface area contributed by atoms with Crippen LogP contribution in [0.1, 0.15) is 31.2 Å². The number of terminal acetylenes is 1. The van der Waals surface area contributed by atoms with Gasteiger partial charge in [0.2, 0.25) is 22.8 Å². The Kier molecular flexibility index (Phi) is 8.74. The van der Waals surface area contributed by atoms with Gasteiger partial charge in [0.05, 0.1) is 6.04 Å². The lowest BCUT2D eigenvalue weighted by molar-refractivity contribution is -0.130. The Morgan fingerprint density at radius 2 is 1.93 bits per heavy atom. The molecule has 0 aromatic heterocycles. The van der Waals surface area contributed by atoms with Crippen molar-refractivity contribution < 1.29 is 19.2 Å². The lowest BCUT2D eigenvalue weighted by Gasteiger charge is -2.22. The van der Waals surface area contributed by atoms with Crippen LogP contribution in [0.2, 0.25) is 0 Å². The second-order valence-electron chi connectivity index (χ2n) is 6.93. The zero-order valence-corrected chi connectivity index (χ0v) is 16.9. The molecule has 1 aromatic carbocycles. The lowest BCUT2D eigenvalue weighted by Crippen LogP contribution is -2.51. The quantitative estimate of drug-likeness (QED) is 0.332. The Balaban J connectivity index is 1.92. The molecule has 1 aliphatic rings. The highest BCUT2D eigenvalue weighted by molar-refractivity contribution is 7.96. The topological polar surface area (TPSA) is 104 Å². The smallest absolute Gasteiger partial charge is 0.244 e. The summed E-state index contributed by atoms with van der Waals surface area (Å²) in [5, 5.41) is 7.34. The van der Waals surface area contributed by atoms with Crippen molar-refractivity contribution in [2.24, 2.45) is 5.92 Å². The third kappa shape index (κ3) is 7.27. The largest absolute Gasteiger partial charge is 0.356 e. The van der Waals surface area contributed by atoms with Crippen molar-refractivity contribution in [3.63, 3.8) is 0 Å². The lowest BCUT2D eigenvalue weighted by atomic mass is 9.98. The average molecular weight is 416 g/mol. The standard InChI is InChI=1S/C21H25N3O4S/c1-2-6-16(23-18(25)10-9-14-7-4-3-5-8-14)20(27)24-17(21(28)29)13-15-11-12-22-19(15)26/h1,3-5,7-8,15-17H,6,9-13H2,(H,22,26)(H,23,25)(H,24,27)(H,28,29)/t15-,16-,17-/m0/s1. The molecule has 0 radical (unpaired) electrons. The van der Waals surface area contributed by atoms with E-state index in [0.29, 0.717) is 19.4 Å². The van der Waals surface area contributed by atoms with E-state index in [-0.39, 0.29) is 37.0 Å². The number of amides is 3. The van der Waals surface area contributed by atoms with Gasteiger partial charge in [-0.2, -0.15) is 0 Å². The van der Waals surface area contributed by atoms with Crippen LogP contribution >= 0.6 is 12.6 Å². The highest BCUT2D eigenvalue weighted by atomic mass is 32.1. The Morgan fingerprint density at radius 1 is 1.21 bits per heavy atom. The van der Waals surface area contributed by atoms with Gasteiger partial charge in [-0.25, -0.2) is 0 Å². The number of carbonyl (C=O) groups excluding carboxylic acids is 4. The van der Waals surface area contributed by atoms with Crippen LogP contribution in [0, 0.1) is 18.3 Å². The van der Waals surface area contributed by atoms with Gasteiger partial charge in [0.1, 0.15) is 6.04 Å². The number of rotatable bonds is 10. The van der Waals surface area contributed by atoms with Crippen LogP contribution in [0.15, 0.2) is 30.3 Å². The fraction of sp³-hybridized carbons (Fsp3) is 0.429. The number of nitrogens with one attached hydrogen (secondary N) is 3. The summed E-state index contributed by atoms with van der Waals surface area (Å²) in [7, 11) is 0. The van der Waals surface area contributed by atoms with Crippen LogP contribution < -0.4 is 16.0 Å². The molecule has 29 heavy (non-hydrogen) atoms. The van der Waals surface area contributed by atoms with Crippen LogP contribution in [-0.4, -0.2) is 41.5 Å². The normalized spacial score (nSPS) is 17.5. The van der Waals surface area contributed by atoms with Crippen molar-refractivity contribution in [2.75, 3.05) is 6.54 Å². The highest BCUT2D eigenvalue weighted by Gasteiger charge is 2.31. The molecule has 154 valence electrons. The summed E-state index contributed by atoms with van der Waals surface area (Å²) >= 11 is 3.82. The minimum absolute atomic E-state index is 0.0136. The third-order valence-corrected chi connectivity index (χ3v) is 5.07. The molecule has 8 heteroatoms. The summed E-state index contributed by atoms with van der Waals surface area (Å²) in [6, 6.07) is 7.62. The van der Waals surface area contributed by atoms with Crippen LogP contribution in [0.3, 0.4) is 0 Å². The Labute approximate surface area is 175 Å². The maximum Gasteiger partial charge on any atom is 0.244 e. The molecular weight excluding hydrogens is 390 g/mol. The molecule has 0 spiro atoms. The SMILES string of the molecule is C#CC[C@H](NC(=O)CCc1ccccc1)C(=O)N[C@@H](C[C@@H]1CCNC1=O)C(=O)S. The molecular formula is C21H25N3O4S. The second-order valence-corrected chi connectivity index (χ2v) is 7.37. The Morgan fingerprint density at radius 3 is 2.52 bits per heavy atom. The number of hydrogen-bond donors (Lipinski definition) is 4. The van der Waals surface area contributed by atoms with Crippen LogP contribution in [-0.2, 0) is 25.6 Å². The number of aryl methyl sites for hydroxylation is 1. The molecule has 0 bridgehead atoms. The molecule has 1 heterocycles. The highest BCUT2D eigenvalue weighted by Crippen LogP contribution is 2.17. The van der Waals surface area contributed by atoms with Crippen LogP contribution in [0.25, 0.3) is 0 Å². The molecule has 3 N–H and O–H groups in total. The van der Waals surface area contributed by atoms with Gasteiger partial charge in [-0.15, -0.1) is 25.0 Å². The predicted molar refractivity (Wildman–Crippen MR) is 112 cm³/mol. The van der Waals surface area contributed by atoms with Crippen molar-refractivity contribution in [3.8, 4) is 12.3 Å². The van der Waals surface area contributed by atoms with Crippen molar-refractivity contribution in [2.45, 2.75) is 44.2 Å². The molecule has 1 saturated heterocycles. The van der Waals surface area contributed by atoms with Gasteiger partial charge < -0.3 is 16.0 Å². The molecule has 7 nitrogen and oxygen atoms in total. The number of benzene rings is 1. The van der Waals surface area contributed by atoms with E-state index in [0.717, 1.165) is 5.56 Å². The first-order chi connectivity index (χ1) is 13.9. The minimum atomic E-state index is -0.962. The number of carbonyl (C=O) groups is 4. The second kappa shape index (κ2) is 11.3. The molecule has 1 aliphatic heterocycles. The van der Waals surface area contributed by atoms with E-state index in [1.165, 1.54) is 0 Å². The molecule has 1 aromatic rings. The van der Waals surface area contributed by atoms with Gasteiger partial charge in [-0.05, 0) is 24.8 Å². The van der Waals surface area contributed by atoms with Crippen LogP contribution in [0.4, 0.5) is 0 Å². The van der Waals surface area contributed by atoms with Crippen molar-refractivity contribution >= 4 is 35.5 Å². The third-order valence-electron chi connectivity index (χ3n) is 4.75. The van der Waals surface area contributed by atoms with E-state index >= 15 is 0 Å². The molecule has 0 unspecified atom stereocenters. The average Bonchev–Trinajstić information content (AvgIpc) is 3.10. The van der Waals surface area contributed by atoms with Gasteiger partial charge in [-0.1, -0.05) is 30.3 Å². The fourth-order valence-corrected chi connectivity index (χ4v) is 3.31. The van der Waals surface area contributed by atoms with Gasteiger partial charge in [0.25, 0.3) is 0 Å². The first-order valence-electron chi connectivity index (χ1n) is 9.48. The summed E-state index contributed by atoms with van der Waals surface area (Å²) in [6.45, 7) is 0.544. The monoisotopic (exact) mass is 415 g/mol. The molecule has 0 saturated carbocycles. The van der Waals surface area contributed by atoms with E-state index in [1.807, 2.05) is 30.3 Å². The zero-order valence-electron chi connectivity index (χ0n) is 16.0. The van der Waals surface area contributed by atoms with Crippen molar-refractivity contribution in [1.82, 2.24) is 16.0 Å². The van der Waals surface area contributed by atoms with Gasteiger partial charge >= 0.3 is 0 Å². The number of thiol groups is 1. The van der Waals surface area contributed by atoms with Gasteiger partial charge in [-0.3, -0.25) is 19.2 Å². The van der Waals surface area contributed by atoms with E-state index in [4.69, 9.17) is 6.42 Å². The Bertz CT molecular complexity index is 791. The van der Waals surface area contributed by atoms with E-state index in [9.17, 15) is 19.2 Å². The molecule has 2 rings (SSSR count). The summed E-state index contributed by atoms with van der Waals surface area (Å²) < 4.78 is 0. The van der Waals surface area contributed by atoms with E-state index < -0.39 is 23.1 Å². The molecule has 3 atom stereocenters. The molecule has 1 fully saturated rings. The number of hydrogen-bond acceptors (Lipinski definition) is 4. The van der Waals surface area contributed by atoms with Crippen molar-refractivity contribution in [3.05, 3.63) is 35.9 Å². The zero-order chi connectivity index (χ0) is 21.2. The van der Waals surface area contributed by atoms with Gasteiger partial charge in [0.15, 0.2) is 0 Å². The maximum atomic E-state index is 12.6. The Hall–Kier alpha value is -2.79. The predicted octanol–water partition coefficient (Wildman–Crippen LogP) is 0.595. The fourth-order valence-electron chi connectivity index (χ4n) is 3.14. The van der Waals surface area contributed by atoms with Crippen LogP contribution in [0.5, 0.6) is 0 Å².